The fourth-order valence-corrected chi connectivity index (χ4v) is 4.46. The second-order valence-corrected chi connectivity index (χ2v) is 9.21. The van der Waals surface area contributed by atoms with E-state index in [4.69, 9.17) is 15.9 Å². The van der Waals surface area contributed by atoms with Crippen molar-refractivity contribution in [2.24, 2.45) is 0 Å². The Kier molecular flexibility index (Phi) is 8.45. The van der Waals surface area contributed by atoms with Gasteiger partial charge in [0.25, 0.3) is 5.56 Å². The van der Waals surface area contributed by atoms with E-state index in [2.05, 4.69) is 10.9 Å². The summed E-state index contributed by atoms with van der Waals surface area (Å²) in [4.78, 5) is 24.7. The highest BCUT2D eigenvalue weighted by Crippen LogP contribution is 2.23. The molecule has 0 saturated carbocycles. The Balaban J connectivity index is 1.82. The summed E-state index contributed by atoms with van der Waals surface area (Å²) in [5.74, 6) is 2.86. The molecule has 0 aliphatic rings. The van der Waals surface area contributed by atoms with Crippen molar-refractivity contribution in [3.8, 4) is 18.1 Å². The number of nitrogens with one attached hydrogen (secondary N) is 1. The summed E-state index contributed by atoms with van der Waals surface area (Å²) in [6.45, 7) is 3.72. The maximum atomic E-state index is 12.4. The van der Waals surface area contributed by atoms with Gasteiger partial charge in [-0.3, -0.25) is 14.3 Å². The highest BCUT2D eigenvalue weighted by atomic mass is 32.2. The van der Waals surface area contributed by atoms with Crippen LogP contribution in [0.3, 0.4) is 0 Å². The molecule has 162 valence electrons. The minimum absolute atomic E-state index is 0.000522. The number of H-pyrrole nitrogens is 1. The summed E-state index contributed by atoms with van der Waals surface area (Å²) in [6.07, 6.45) is 6.57. The molecular formula is C21H26N2O6S. The van der Waals surface area contributed by atoms with Crippen LogP contribution in [0.5, 0.6) is 5.75 Å². The van der Waals surface area contributed by atoms with Crippen molar-refractivity contribution in [1.29, 1.82) is 0 Å². The summed E-state index contributed by atoms with van der Waals surface area (Å²) in [5.41, 5.74) is -0.208. The Morgan fingerprint density at radius 3 is 2.70 bits per heavy atom. The number of sulfone groups is 1. The quantitative estimate of drug-likeness (QED) is 0.424. The molecule has 30 heavy (non-hydrogen) atoms. The number of hydrogen-bond acceptors (Lipinski definition) is 6. The number of hydrogen-bond donors (Lipinski definition) is 1. The maximum Gasteiger partial charge on any atom is 0.330 e. The molecule has 1 N–H and O–H groups in total. The van der Waals surface area contributed by atoms with Crippen LogP contribution in [0.2, 0.25) is 0 Å². The van der Waals surface area contributed by atoms with Crippen LogP contribution >= 0.6 is 0 Å². The zero-order valence-electron chi connectivity index (χ0n) is 17.0. The molecule has 9 heteroatoms. The Morgan fingerprint density at radius 2 is 2.00 bits per heavy atom. The van der Waals surface area contributed by atoms with Crippen LogP contribution in [-0.4, -0.2) is 42.2 Å². The van der Waals surface area contributed by atoms with E-state index in [0.29, 0.717) is 12.2 Å². The molecule has 0 aliphatic carbocycles. The standard InChI is InChI=1S/C21H26N2O6S/c1-4-17(3)29-19-8-5-7-18(13-19)16(2)14-30(26,27)12-6-11-28-15-23-10-9-20(24)22-21(23)25/h1,5,7-10,13,16-17H,6,11-12,14-15H2,2-3H3,(H,22,24,25)/t16-,17-/m0/s1. The van der Waals surface area contributed by atoms with E-state index in [-0.39, 0.29) is 36.9 Å². The number of benzene rings is 1. The third kappa shape index (κ3) is 7.54. The summed E-state index contributed by atoms with van der Waals surface area (Å²) in [6, 6.07) is 8.47. The van der Waals surface area contributed by atoms with Crippen molar-refractivity contribution >= 4 is 9.84 Å². The molecule has 0 saturated heterocycles. The first-order valence-corrected chi connectivity index (χ1v) is 11.3. The molecule has 0 spiro atoms. The zero-order valence-corrected chi connectivity index (χ0v) is 17.9. The van der Waals surface area contributed by atoms with Gasteiger partial charge < -0.3 is 9.47 Å². The van der Waals surface area contributed by atoms with Gasteiger partial charge in [0, 0.05) is 18.9 Å². The Morgan fingerprint density at radius 1 is 1.23 bits per heavy atom. The third-order valence-corrected chi connectivity index (χ3v) is 6.27. The lowest BCUT2D eigenvalue weighted by atomic mass is 10.0. The van der Waals surface area contributed by atoms with Crippen LogP contribution in [0.1, 0.15) is 31.7 Å². The lowest BCUT2D eigenvalue weighted by molar-refractivity contribution is 0.0745. The molecule has 0 amide bonds. The number of rotatable bonds is 11. The van der Waals surface area contributed by atoms with Crippen molar-refractivity contribution in [2.75, 3.05) is 18.1 Å². The van der Waals surface area contributed by atoms with Gasteiger partial charge in [0.2, 0.25) is 0 Å². The molecule has 0 fully saturated rings. The number of terminal acetylenes is 1. The van der Waals surface area contributed by atoms with E-state index in [1.54, 1.807) is 19.1 Å². The molecule has 1 aromatic carbocycles. The van der Waals surface area contributed by atoms with Crippen molar-refractivity contribution in [3.63, 3.8) is 0 Å². The molecule has 0 radical (unpaired) electrons. The van der Waals surface area contributed by atoms with Gasteiger partial charge in [-0.25, -0.2) is 13.2 Å². The SMILES string of the molecule is C#C[C@H](C)Oc1cccc([C@@H](C)CS(=O)(=O)CCCOCn2ccc(=O)[nH]c2=O)c1. The summed E-state index contributed by atoms with van der Waals surface area (Å²) in [7, 11) is -3.30. The third-order valence-electron chi connectivity index (χ3n) is 4.35. The van der Waals surface area contributed by atoms with Crippen LogP contribution in [0.25, 0.3) is 0 Å². The van der Waals surface area contributed by atoms with E-state index in [0.717, 1.165) is 5.56 Å². The highest BCUT2D eigenvalue weighted by molar-refractivity contribution is 7.91. The van der Waals surface area contributed by atoms with Gasteiger partial charge in [-0.1, -0.05) is 25.0 Å². The second kappa shape index (κ2) is 10.8. The normalized spacial score (nSPS) is 13.4. The largest absolute Gasteiger partial charge is 0.478 e. The van der Waals surface area contributed by atoms with Crippen LogP contribution in [-0.2, 0) is 21.3 Å². The van der Waals surface area contributed by atoms with E-state index < -0.39 is 21.1 Å². The number of aromatic nitrogens is 2. The van der Waals surface area contributed by atoms with Crippen LogP contribution < -0.4 is 16.0 Å². The monoisotopic (exact) mass is 434 g/mol. The van der Waals surface area contributed by atoms with Gasteiger partial charge in [0.1, 0.15) is 12.5 Å². The molecule has 1 aromatic heterocycles. The molecular weight excluding hydrogens is 408 g/mol. The summed E-state index contributed by atoms with van der Waals surface area (Å²) < 4.78 is 37.0. The van der Waals surface area contributed by atoms with E-state index in [9.17, 15) is 18.0 Å². The molecule has 0 aliphatic heterocycles. The van der Waals surface area contributed by atoms with Crippen LogP contribution in [0.4, 0.5) is 0 Å². The van der Waals surface area contributed by atoms with Crippen molar-refractivity contribution in [2.45, 2.75) is 39.0 Å². The first-order valence-electron chi connectivity index (χ1n) is 9.51. The average Bonchev–Trinajstić information content (AvgIpc) is 2.69. The van der Waals surface area contributed by atoms with Gasteiger partial charge in [-0.2, -0.15) is 0 Å². The lowest BCUT2D eigenvalue weighted by Crippen LogP contribution is -2.29. The van der Waals surface area contributed by atoms with Crippen LogP contribution in [0, 0.1) is 12.3 Å². The maximum absolute atomic E-state index is 12.4. The minimum atomic E-state index is -3.30. The van der Waals surface area contributed by atoms with E-state index >= 15 is 0 Å². The van der Waals surface area contributed by atoms with Crippen molar-refractivity contribution in [3.05, 3.63) is 62.9 Å². The van der Waals surface area contributed by atoms with Gasteiger partial charge >= 0.3 is 5.69 Å². The summed E-state index contributed by atoms with van der Waals surface area (Å²) in [5, 5.41) is 0. The van der Waals surface area contributed by atoms with Crippen LogP contribution in [0.15, 0.2) is 46.1 Å². The van der Waals surface area contributed by atoms with Gasteiger partial charge in [-0.15, -0.1) is 6.42 Å². The number of nitrogens with zero attached hydrogens (tertiary/aromatic N) is 1. The molecule has 2 rings (SSSR count). The highest BCUT2D eigenvalue weighted by Gasteiger charge is 2.18. The summed E-state index contributed by atoms with van der Waals surface area (Å²) >= 11 is 0. The predicted octanol–water partition coefficient (Wildman–Crippen LogP) is 1.52. The zero-order chi connectivity index (χ0) is 22.1. The first kappa shape index (κ1) is 23.4. The fourth-order valence-electron chi connectivity index (χ4n) is 2.78. The molecule has 2 aromatic rings. The average molecular weight is 435 g/mol. The Bertz CT molecular complexity index is 1100. The molecule has 8 nitrogen and oxygen atoms in total. The smallest absolute Gasteiger partial charge is 0.330 e. The Labute approximate surface area is 175 Å². The minimum Gasteiger partial charge on any atom is -0.478 e. The molecule has 0 bridgehead atoms. The topological polar surface area (TPSA) is 107 Å². The molecule has 2 atom stereocenters. The van der Waals surface area contributed by atoms with E-state index in [1.165, 1.54) is 16.8 Å². The predicted molar refractivity (Wildman–Crippen MR) is 114 cm³/mol. The Hall–Kier alpha value is -2.83. The number of ether oxygens (including phenoxy) is 2. The fraction of sp³-hybridized carbons (Fsp3) is 0.429. The molecule has 1 heterocycles. The van der Waals surface area contributed by atoms with E-state index in [1.807, 2.05) is 19.1 Å². The second-order valence-electron chi connectivity index (χ2n) is 6.99. The van der Waals surface area contributed by atoms with Gasteiger partial charge in [0.05, 0.1) is 11.5 Å². The molecule has 0 unspecified atom stereocenters. The van der Waals surface area contributed by atoms with Gasteiger partial charge in [0.15, 0.2) is 15.9 Å². The van der Waals surface area contributed by atoms with Gasteiger partial charge in [-0.05, 0) is 37.0 Å². The lowest BCUT2D eigenvalue weighted by Gasteiger charge is -2.15. The first-order chi connectivity index (χ1) is 14.2. The van der Waals surface area contributed by atoms with Crippen molar-refractivity contribution < 1.29 is 17.9 Å². The number of aromatic amines is 1. The van der Waals surface area contributed by atoms with Crippen molar-refractivity contribution in [1.82, 2.24) is 9.55 Å².